The summed E-state index contributed by atoms with van der Waals surface area (Å²) < 4.78 is 16.0. The maximum atomic E-state index is 12.9. The first-order valence-corrected chi connectivity index (χ1v) is 11.1. The molecule has 33 heavy (non-hydrogen) atoms. The van der Waals surface area contributed by atoms with E-state index in [4.69, 9.17) is 13.8 Å². The smallest absolute Gasteiger partial charge is 0.290 e. The number of benzene rings is 1. The Hall–Kier alpha value is -3.62. The number of nitrogens with zero attached hydrogens (tertiary/aromatic N) is 4. The van der Waals surface area contributed by atoms with Gasteiger partial charge in [0.25, 0.3) is 11.9 Å². The number of aryl methyl sites for hydroxylation is 1. The Kier molecular flexibility index (Phi) is 5.39. The highest BCUT2D eigenvalue weighted by atomic mass is 16.6. The number of piperidine rings is 1. The van der Waals surface area contributed by atoms with Gasteiger partial charge in [-0.15, -0.1) is 0 Å². The molecule has 9 heteroatoms. The van der Waals surface area contributed by atoms with Gasteiger partial charge in [-0.1, -0.05) is 28.5 Å². The third-order valence-electron chi connectivity index (χ3n) is 6.80. The molecule has 0 radical (unpaired) electrons. The zero-order valence-electron chi connectivity index (χ0n) is 18.7. The second kappa shape index (κ2) is 8.38. The number of amides is 2. The fraction of sp³-hybridized carbons (Fsp3) is 0.417. The third-order valence-corrected chi connectivity index (χ3v) is 6.80. The summed E-state index contributed by atoms with van der Waals surface area (Å²) in [5.41, 5.74) is 1.36. The minimum Gasteiger partial charge on any atom is -0.426 e. The molecule has 1 saturated carbocycles. The van der Waals surface area contributed by atoms with Crippen LogP contribution in [-0.4, -0.2) is 52.1 Å². The first kappa shape index (κ1) is 21.2. The van der Waals surface area contributed by atoms with Gasteiger partial charge in [0.05, 0.1) is 6.54 Å². The van der Waals surface area contributed by atoms with Crippen LogP contribution in [0.2, 0.25) is 0 Å². The number of hydrogen-bond acceptors (Lipinski definition) is 7. The lowest BCUT2D eigenvalue weighted by atomic mass is 9.90. The summed E-state index contributed by atoms with van der Waals surface area (Å²) in [5, 5.41) is 7.63. The molecular formula is C24H26N4O5. The molecule has 2 amide bonds. The lowest BCUT2D eigenvalue weighted by Gasteiger charge is -2.32. The average Bonchev–Trinajstić information content (AvgIpc) is 3.10. The fourth-order valence-corrected chi connectivity index (χ4v) is 4.62. The molecule has 1 spiro atoms. The van der Waals surface area contributed by atoms with Crippen molar-refractivity contribution in [3.8, 4) is 11.7 Å². The molecule has 2 aliphatic rings. The van der Waals surface area contributed by atoms with Crippen LogP contribution in [0.25, 0.3) is 0 Å². The summed E-state index contributed by atoms with van der Waals surface area (Å²) in [5.74, 6) is 1.15. The maximum absolute atomic E-state index is 12.9. The van der Waals surface area contributed by atoms with Crippen LogP contribution < -0.4 is 4.74 Å². The van der Waals surface area contributed by atoms with Crippen LogP contribution in [0.3, 0.4) is 0 Å². The Balaban J connectivity index is 1.14. The first-order chi connectivity index (χ1) is 15.9. The van der Waals surface area contributed by atoms with Gasteiger partial charge in [0.1, 0.15) is 17.1 Å². The van der Waals surface area contributed by atoms with E-state index in [0.717, 1.165) is 19.3 Å². The summed E-state index contributed by atoms with van der Waals surface area (Å²) in [6, 6.07) is 12.6. The van der Waals surface area contributed by atoms with E-state index in [1.807, 2.05) is 37.3 Å². The molecule has 1 aliphatic heterocycles. The summed E-state index contributed by atoms with van der Waals surface area (Å²) in [6.07, 6.45) is 2.48. The standard InChI is InChI=1S/C24H26N4O5/c1-16-19(26-33-25-16)15-27(2)22(29)18-14-24(18)10-12-28(13-11-24)23(30)20-8-9-21(32-20)31-17-6-4-3-5-7-17/h3-9,18H,10-15H2,1-2H3. The molecule has 5 rings (SSSR count). The molecule has 1 saturated heterocycles. The number of furan rings is 1. The summed E-state index contributed by atoms with van der Waals surface area (Å²) >= 11 is 0. The largest absolute Gasteiger partial charge is 0.426 e. The normalized spacial score (nSPS) is 18.8. The molecule has 2 aromatic heterocycles. The second-order valence-electron chi connectivity index (χ2n) is 8.94. The maximum Gasteiger partial charge on any atom is 0.290 e. The SMILES string of the molecule is Cc1nonc1CN(C)C(=O)C1CC12CCN(C(=O)c1ccc(Oc3ccccc3)o1)CC2. The molecular weight excluding hydrogens is 424 g/mol. The van der Waals surface area contributed by atoms with E-state index in [9.17, 15) is 9.59 Å². The Morgan fingerprint density at radius 1 is 1.15 bits per heavy atom. The zero-order chi connectivity index (χ0) is 23.0. The van der Waals surface area contributed by atoms with E-state index in [-0.39, 0.29) is 34.9 Å². The number of rotatable bonds is 6. The van der Waals surface area contributed by atoms with Crippen molar-refractivity contribution < 1.29 is 23.4 Å². The first-order valence-electron chi connectivity index (χ1n) is 11.1. The van der Waals surface area contributed by atoms with Crippen molar-refractivity contribution in [3.05, 3.63) is 59.6 Å². The summed E-state index contributed by atoms with van der Waals surface area (Å²) in [7, 11) is 1.78. The van der Waals surface area contributed by atoms with Crippen molar-refractivity contribution in [2.45, 2.75) is 32.7 Å². The highest BCUT2D eigenvalue weighted by Crippen LogP contribution is 2.60. The minimum absolute atomic E-state index is 0.00518. The predicted molar refractivity (Wildman–Crippen MR) is 116 cm³/mol. The second-order valence-corrected chi connectivity index (χ2v) is 8.94. The lowest BCUT2D eigenvalue weighted by Crippen LogP contribution is -2.40. The van der Waals surface area contributed by atoms with E-state index in [1.165, 1.54) is 0 Å². The fourth-order valence-electron chi connectivity index (χ4n) is 4.62. The summed E-state index contributed by atoms with van der Waals surface area (Å²) in [4.78, 5) is 29.3. The van der Waals surface area contributed by atoms with Crippen molar-refractivity contribution in [2.75, 3.05) is 20.1 Å². The van der Waals surface area contributed by atoms with Crippen LogP contribution in [0.15, 0.2) is 51.5 Å². The quantitative estimate of drug-likeness (QED) is 0.565. The minimum atomic E-state index is -0.151. The van der Waals surface area contributed by atoms with Gasteiger partial charge in [0.2, 0.25) is 5.91 Å². The molecule has 1 aromatic carbocycles. The van der Waals surface area contributed by atoms with E-state index in [1.54, 1.807) is 29.0 Å². The topological polar surface area (TPSA) is 102 Å². The van der Waals surface area contributed by atoms with E-state index in [0.29, 0.717) is 36.8 Å². The van der Waals surface area contributed by atoms with Gasteiger partial charge in [0.15, 0.2) is 5.76 Å². The van der Waals surface area contributed by atoms with Gasteiger partial charge in [-0.05, 0) is 49.8 Å². The molecule has 172 valence electrons. The van der Waals surface area contributed by atoms with Crippen LogP contribution in [0.4, 0.5) is 0 Å². The third kappa shape index (κ3) is 4.22. The molecule has 9 nitrogen and oxygen atoms in total. The van der Waals surface area contributed by atoms with E-state index >= 15 is 0 Å². The van der Waals surface area contributed by atoms with Crippen LogP contribution in [0, 0.1) is 18.3 Å². The van der Waals surface area contributed by atoms with Crippen molar-refractivity contribution >= 4 is 11.8 Å². The number of likely N-dealkylation sites (tertiary alicyclic amines) is 1. The van der Waals surface area contributed by atoms with Gasteiger partial charge in [-0.25, -0.2) is 4.63 Å². The van der Waals surface area contributed by atoms with Crippen LogP contribution in [-0.2, 0) is 11.3 Å². The Labute approximate surface area is 191 Å². The van der Waals surface area contributed by atoms with Crippen molar-refractivity contribution in [2.24, 2.45) is 11.3 Å². The van der Waals surface area contributed by atoms with Gasteiger partial charge >= 0.3 is 0 Å². The van der Waals surface area contributed by atoms with E-state index < -0.39 is 0 Å². The Morgan fingerprint density at radius 3 is 2.61 bits per heavy atom. The molecule has 1 unspecified atom stereocenters. The highest BCUT2D eigenvalue weighted by molar-refractivity contribution is 5.92. The van der Waals surface area contributed by atoms with Gasteiger partial charge in [-0.2, -0.15) is 0 Å². The van der Waals surface area contributed by atoms with Crippen molar-refractivity contribution in [1.82, 2.24) is 20.1 Å². The zero-order valence-corrected chi connectivity index (χ0v) is 18.7. The number of para-hydroxylation sites is 1. The van der Waals surface area contributed by atoms with Crippen molar-refractivity contribution in [3.63, 3.8) is 0 Å². The van der Waals surface area contributed by atoms with Crippen LogP contribution >= 0.6 is 0 Å². The summed E-state index contributed by atoms with van der Waals surface area (Å²) in [6.45, 7) is 3.41. The number of carbonyl (C=O) groups is 2. The Bertz CT molecular complexity index is 1150. The average molecular weight is 450 g/mol. The van der Waals surface area contributed by atoms with Crippen LogP contribution in [0.1, 0.15) is 41.2 Å². The molecule has 3 heterocycles. The highest BCUT2D eigenvalue weighted by Gasteiger charge is 2.59. The monoisotopic (exact) mass is 450 g/mol. The van der Waals surface area contributed by atoms with Gasteiger partial charge in [-0.3, -0.25) is 9.59 Å². The van der Waals surface area contributed by atoms with Gasteiger partial charge in [0, 0.05) is 32.1 Å². The van der Waals surface area contributed by atoms with Gasteiger partial charge < -0.3 is 19.0 Å². The number of hydrogen-bond donors (Lipinski definition) is 0. The number of carbonyl (C=O) groups excluding carboxylic acids is 2. The number of ether oxygens (including phenoxy) is 1. The molecule has 0 N–H and O–H groups in total. The molecule has 1 atom stereocenters. The molecule has 3 aromatic rings. The lowest BCUT2D eigenvalue weighted by molar-refractivity contribution is -0.133. The van der Waals surface area contributed by atoms with E-state index in [2.05, 4.69) is 10.3 Å². The Morgan fingerprint density at radius 2 is 1.91 bits per heavy atom. The molecule has 0 bridgehead atoms. The van der Waals surface area contributed by atoms with Crippen molar-refractivity contribution in [1.29, 1.82) is 0 Å². The molecule has 2 fully saturated rings. The number of aromatic nitrogens is 2. The molecule has 1 aliphatic carbocycles. The van der Waals surface area contributed by atoms with Crippen LogP contribution in [0.5, 0.6) is 11.7 Å². The predicted octanol–water partition coefficient (Wildman–Crippen LogP) is 3.66.